The van der Waals surface area contributed by atoms with Crippen molar-refractivity contribution in [2.24, 2.45) is 0 Å². The summed E-state index contributed by atoms with van der Waals surface area (Å²) in [6, 6.07) is 14.2. The molecule has 1 amide bonds. The van der Waals surface area contributed by atoms with E-state index in [2.05, 4.69) is 54.5 Å². The van der Waals surface area contributed by atoms with Gasteiger partial charge in [0.1, 0.15) is 0 Å². The SMILES string of the molecule is Cc1cccc(C(C)C)c1NCC(=O)Nc1ccccc1N1CCOCC1. The first-order valence-corrected chi connectivity index (χ1v) is 9.61. The van der Waals surface area contributed by atoms with E-state index in [4.69, 9.17) is 4.74 Å². The zero-order valence-corrected chi connectivity index (χ0v) is 16.4. The predicted molar refractivity (Wildman–Crippen MR) is 112 cm³/mol. The Kier molecular flexibility index (Phi) is 6.35. The minimum Gasteiger partial charge on any atom is -0.378 e. The molecule has 3 rings (SSSR count). The summed E-state index contributed by atoms with van der Waals surface area (Å²) in [5.74, 6) is 0.353. The number of ether oxygens (including phenoxy) is 1. The van der Waals surface area contributed by atoms with E-state index in [1.807, 2.05) is 24.3 Å². The second-order valence-corrected chi connectivity index (χ2v) is 7.21. The number of benzene rings is 2. The third-order valence-electron chi connectivity index (χ3n) is 4.88. The van der Waals surface area contributed by atoms with E-state index in [-0.39, 0.29) is 12.5 Å². The molecule has 0 aliphatic carbocycles. The van der Waals surface area contributed by atoms with Gasteiger partial charge < -0.3 is 20.3 Å². The van der Waals surface area contributed by atoms with Gasteiger partial charge in [-0.1, -0.05) is 44.2 Å². The third-order valence-corrected chi connectivity index (χ3v) is 4.88. The molecule has 2 aromatic carbocycles. The summed E-state index contributed by atoms with van der Waals surface area (Å²) < 4.78 is 5.43. The Morgan fingerprint density at radius 3 is 2.59 bits per heavy atom. The molecule has 2 aromatic rings. The van der Waals surface area contributed by atoms with Crippen LogP contribution in [0.5, 0.6) is 0 Å². The van der Waals surface area contributed by atoms with E-state index in [0.717, 1.165) is 48.9 Å². The molecular weight excluding hydrogens is 338 g/mol. The largest absolute Gasteiger partial charge is 0.378 e. The number of anilines is 3. The number of hydrogen-bond acceptors (Lipinski definition) is 4. The summed E-state index contributed by atoms with van der Waals surface area (Å²) in [6.07, 6.45) is 0. The first-order chi connectivity index (χ1) is 13.1. The van der Waals surface area contributed by atoms with Gasteiger partial charge in [0.2, 0.25) is 5.91 Å². The minimum atomic E-state index is -0.0475. The monoisotopic (exact) mass is 367 g/mol. The lowest BCUT2D eigenvalue weighted by atomic mass is 9.98. The van der Waals surface area contributed by atoms with Crippen LogP contribution in [0.15, 0.2) is 42.5 Å². The molecule has 144 valence electrons. The van der Waals surface area contributed by atoms with Gasteiger partial charge in [-0.2, -0.15) is 0 Å². The number of para-hydroxylation sites is 3. The molecule has 0 atom stereocenters. The van der Waals surface area contributed by atoms with Gasteiger partial charge in [-0.15, -0.1) is 0 Å². The van der Waals surface area contributed by atoms with Crippen LogP contribution in [0.2, 0.25) is 0 Å². The fourth-order valence-electron chi connectivity index (χ4n) is 3.44. The Balaban J connectivity index is 1.67. The van der Waals surface area contributed by atoms with Crippen molar-refractivity contribution in [2.75, 3.05) is 48.4 Å². The number of carbonyl (C=O) groups excluding carboxylic acids is 1. The molecule has 1 aliphatic heterocycles. The van der Waals surface area contributed by atoms with E-state index < -0.39 is 0 Å². The predicted octanol–water partition coefficient (Wildman–Crippen LogP) is 4.01. The highest BCUT2D eigenvalue weighted by Crippen LogP contribution is 2.28. The molecule has 1 saturated heterocycles. The normalized spacial score (nSPS) is 14.3. The number of carbonyl (C=O) groups is 1. The number of aryl methyl sites for hydroxylation is 1. The second-order valence-electron chi connectivity index (χ2n) is 7.21. The van der Waals surface area contributed by atoms with Crippen molar-refractivity contribution in [1.82, 2.24) is 0 Å². The summed E-state index contributed by atoms with van der Waals surface area (Å²) in [4.78, 5) is 14.9. The third kappa shape index (κ3) is 4.80. The van der Waals surface area contributed by atoms with Gasteiger partial charge in [0, 0.05) is 18.8 Å². The Labute approximate surface area is 161 Å². The van der Waals surface area contributed by atoms with Crippen LogP contribution >= 0.6 is 0 Å². The van der Waals surface area contributed by atoms with Crippen molar-refractivity contribution in [3.63, 3.8) is 0 Å². The lowest BCUT2D eigenvalue weighted by Gasteiger charge is -2.30. The zero-order valence-electron chi connectivity index (χ0n) is 16.4. The molecule has 0 unspecified atom stereocenters. The summed E-state index contributed by atoms with van der Waals surface area (Å²) in [6.45, 7) is 9.75. The topological polar surface area (TPSA) is 53.6 Å². The second kappa shape index (κ2) is 8.91. The molecule has 5 heteroatoms. The molecule has 0 radical (unpaired) electrons. The molecule has 0 aromatic heterocycles. The van der Waals surface area contributed by atoms with E-state index in [9.17, 15) is 4.79 Å². The number of rotatable bonds is 6. The lowest BCUT2D eigenvalue weighted by molar-refractivity contribution is -0.114. The lowest BCUT2D eigenvalue weighted by Crippen LogP contribution is -2.37. The summed E-state index contributed by atoms with van der Waals surface area (Å²) in [5.41, 5.74) is 5.34. The van der Waals surface area contributed by atoms with E-state index >= 15 is 0 Å². The standard InChI is InChI=1S/C22H29N3O2/c1-16(2)18-8-6-7-17(3)22(18)23-15-21(26)24-19-9-4-5-10-20(19)25-11-13-27-14-12-25/h4-10,16,23H,11-15H2,1-3H3,(H,24,26). The van der Waals surface area contributed by atoms with Gasteiger partial charge >= 0.3 is 0 Å². The molecule has 27 heavy (non-hydrogen) atoms. The fraction of sp³-hybridized carbons (Fsp3) is 0.409. The Hall–Kier alpha value is -2.53. The van der Waals surface area contributed by atoms with Crippen molar-refractivity contribution in [1.29, 1.82) is 0 Å². The number of morpholine rings is 1. The van der Waals surface area contributed by atoms with Crippen LogP contribution in [0.4, 0.5) is 17.1 Å². The van der Waals surface area contributed by atoms with Gasteiger partial charge in [0.15, 0.2) is 0 Å². The van der Waals surface area contributed by atoms with Crippen molar-refractivity contribution < 1.29 is 9.53 Å². The van der Waals surface area contributed by atoms with Crippen LogP contribution < -0.4 is 15.5 Å². The maximum Gasteiger partial charge on any atom is 0.243 e. The molecule has 1 heterocycles. The fourth-order valence-corrected chi connectivity index (χ4v) is 3.44. The molecule has 5 nitrogen and oxygen atoms in total. The number of hydrogen-bond donors (Lipinski definition) is 2. The average molecular weight is 367 g/mol. The molecule has 1 aliphatic rings. The highest BCUT2D eigenvalue weighted by molar-refractivity contribution is 5.97. The van der Waals surface area contributed by atoms with Crippen molar-refractivity contribution >= 4 is 23.0 Å². The van der Waals surface area contributed by atoms with Crippen LogP contribution in [0.3, 0.4) is 0 Å². The highest BCUT2D eigenvalue weighted by Gasteiger charge is 2.16. The van der Waals surface area contributed by atoms with Crippen LogP contribution in [0.1, 0.15) is 30.9 Å². The van der Waals surface area contributed by atoms with Gasteiger partial charge in [-0.05, 0) is 36.1 Å². The van der Waals surface area contributed by atoms with E-state index in [0.29, 0.717) is 5.92 Å². The summed E-state index contributed by atoms with van der Waals surface area (Å²) >= 11 is 0. The Bertz CT molecular complexity index is 783. The minimum absolute atomic E-state index is 0.0475. The molecular formula is C22H29N3O2. The molecule has 1 fully saturated rings. The Morgan fingerprint density at radius 2 is 1.85 bits per heavy atom. The van der Waals surface area contributed by atoms with Crippen LogP contribution in [-0.4, -0.2) is 38.8 Å². The van der Waals surface area contributed by atoms with Gasteiger partial charge in [0.25, 0.3) is 0 Å². The number of nitrogens with one attached hydrogen (secondary N) is 2. The molecule has 0 saturated carbocycles. The molecule has 2 N–H and O–H groups in total. The zero-order chi connectivity index (χ0) is 19.2. The van der Waals surface area contributed by atoms with Gasteiger partial charge in [-0.3, -0.25) is 4.79 Å². The average Bonchev–Trinajstić information content (AvgIpc) is 2.68. The molecule has 0 spiro atoms. The maximum absolute atomic E-state index is 12.6. The summed E-state index contributed by atoms with van der Waals surface area (Å²) in [5, 5.41) is 6.40. The van der Waals surface area contributed by atoms with Gasteiger partial charge in [-0.25, -0.2) is 0 Å². The summed E-state index contributed by atoms with van der Waals surface area (Å²) in [7, 11) is 0. The van der Waals surface area contributed by atoms with Crippen LogP contribution in [-0.2, 0) is 9.53 Å². The quantitative estimate of drug-likeness (QED) is 0.810. The first-order valence-electron chi connectivity index (χ1n) is 9.61. The van der Waals surface area contributed by atoms with Crippen molar-refractivity contribution in [3.05, 3.63) is 53.6 Å². The van der Waals surface area contributed by atoms with Crippen molar-refractivity contribution in [3.8, 4) is 0 Å². The molecule has 0 bridgehead atoms. The number of nitrogens with zero attached hydrogens (tertiary/aromatic N) is 1. The maximum atomic E-state index is 12.6. The van der Waals surface area contributed by atoms with E-state index in [1.54, 1.807) is 0 Å². The Morgan fingerprint density at radius 1 is 1.11 bits per heavy atom. The van der Waals surface area contributed by atoms with Crippen LogP contribution in [0, 0.1) is 6.92 Å². The number of amides is 1. The van der Waals surface area contributed by atoms with Crippen molar-refractivity contribution in [2.45, 2.75) is 26.7 Å². The highest BCUT2D eigenvalue weighted by atomic mass is 16.5. The van der Waals surface area contributed by atoms with Gasteiger partial charge in [0.05, 0.1) is 31.1 Å². The van der Waals surface area contributed by atoms with Crippen LogP contribution in [0.25, 0.3) is 0 Å². The van der Waals surface area contributed by atoms with E-state index in [1.165, 1.54) is 5.56 Å². The first kappa shape index (κ1) is 19.2. The smallest absolute Gasteiger partial charge is 0.243 e.